The lowest BCUT2D eigenvalue weighted by molar-refractivity contribution is -0.142. The SMILES string of the molecule is COc1ccc(C(=O)N2CCC(COc3ccc(-c4ccc(C#N)cc4)cc3)(C(=O)NC(=O)C(F)F)C2)cc1. The van der Waals surface area contributed by atoms with E-state index < -0.39 is 23.7 Å². The summed E-state index contributed by atoms with van der Waals surface area (Å²) in [4.78, 5) is 39.2. The topological polar surface area (TPSA) is 109 Å². The van der Waals surface area contributed by atoms with E-state index in [1.165, 1.54) is 12.0 Å². The van der Waals surface area contributed by atoms with Crippen LogP contribution in [0.5, 0.6) is 11.5 Å². The van der Waals surface area contributed by atoms with Crippen LogP contribution >= 0.6 is 0 Å². The van der Waals surface area contributed by atoms with E-state index in [0.29, 0.717) is 22.6 Å². The molecule has 1 saturated heterocycles. The van der Waals surface area contributed by atoms with Gasteiger partial charge in [-0.05, 0) is 66.1 Å². The molecule has 3 amide bonds. The van der Waals surface area contributed by atoms with Crippen molar-refractivity contribution in [3.63, 3.8) is 0 Å². The number of imide groups is 1. The minimum absolute atomic E-state index is 0.112. The number of hydrogen-bond donors (Lipinski definition) is 1. The van der Waals surface area contributed by atoms with Crippen LogP contribution in [0.4, 0.5) is 8.78 Å². The number of nitriles is 1. The predicted molar refractivity (Wildman–Crippen MR) is 137 cm³/mol. The molecule has 10 heteroatoms. The zero-order valence-corrected chi connectivity index (χ0v) is 21.0. The fraction of sp³-hybridized carbons (Fsp3) is 0.241. The van der Waals surface area contributed by atoms with Gasteiger partial charge in [-0.15, -0.1) is 0 Å². The molecule has 0 aromatic heterocycles. The van der Waals surface area contributed by atoms with E-state index in [4.69, 9.17) is 14.7 Å². The maximum atomic E-state index is 13.1. The van der Waals surface area contributed by atoms with Crippen LogP contribution in [0.2, 0.25) is 0 Å². The molecule has 1 atom stereocenters. The maximum Gasteiger partial charge on any atom is 0.315 e. The number of alkyl halides is 2. The standard InChI is InChI=1S/C29H25F2N3O5/c1-38-23-10-8-22(9-11-23)27(36)34-15-14-29(17-34,28(37)33-26(35)25(30)31)18-39-24-12-6-21(7-13-24)20-4-2-19(16-32)3-5-20/h2-13,25H,14-15,17-18H2,1H3,(H,33,35,37). The van der Waals surface area contributed by atoms with Crippen molar-refractivity contribution in [2.75, 3.05) is 26.8 Å². The van der Waals surface area contributed by atoms with Crippen LogP contribution in [0.25, 0.3) is 11.1 Å². The molecule has 0 spiro atoms. The average molecular weight is 534 g/mol. The molecule has 1 aliphatic rings. The van der Waals surface area contributed by atoms with Gasteiger partial charge in [-0.1, -0.05) is 24.3 Å². The first kappa shape index (κ1) is 27.3. The minimum atomic E-state index is -3.36. The van der Waals surface area contributed by atoms with Gasteiger partial charge in [0.1, 0.15) is 23.5 Å². The summed E-state index contributed by atoms with van der Waals surface area (Å²) in [5.74, 6) is -1.98. The molecule has 0 radical (unpaired) electrons. The third-order valence-electron chi connectivity index (χ3n) is 6.61. The molecule has 1 aliphatic heterocycles. The molecule has 1 heterocycles. The molecule has 0 saturated carbocycles. The van der Waals surface area contributed by atoms with Gasteiger partial charge in [0.05, 0.1) is 18.7 Å². The Balaban J connectivity index is 1.50. The van der Waals surface area contributed by atoms with Gasteiger partial charge in [0.15, 0.2) is 0 Å². The lowest BCUT2D eigenvalue weighted by Crippen LogP contribution is -2.50. The Morgan fingerprint density at radius 1 is 0.974 bits per heavy atom. The molecule has 8 nitrogen and oxygen atoms in total. The number of rotatable bonds is 8. The summed E-state index contributed by atoms with van der Waals surface area (Å²) in [6.45, 7) is -0.191. The second kappa shape index (κ2) is 11.7. The first-order valence-corrected chi connectivity index (χ1v) is 12.0. The molecule has 200 valence electrons. The zero-order valence-electron chi connectivity index (χ0n) is 21.0. The van der Waals surface area contributed by atoms with E-state index in [0.717, 1.165) is 11.1 Å². The van der Waals surface area contributed by atoms with Gasteiger partial charge in [-0.2, -0.15) is 14.0 Å². The summed E-state index contributed by atoms with van der Waals surface area (Å²) in [6, 6.07) is 22.6. The van der Waals surface area contributed by atoms with Crippen molar-refractivity contribution in [1.82, 2.24) is 10.2 Å². The highest BCUT2D eigenvalue weighted by molar-refractivity contribution is 6.01. The van der Waals surface area contributed by atoms with Crippen LogP contribution in [-0.4, -0.2) is 55.9 Å². The number of carbonyl (C=O) groups is 3. The van der Waals surface area contributed by atoms with E-state index >= 15 is 0 Å². The fourth-order valence-electron chi connectivity index (χ4n) is 4.33. The number of halogens is 2. The molecule has 1 fully saturated rings. The Bertz CT molecular complexity index is 1390. The molecule has 0 aliphatic carbocycles. The Hall–Kier alpha value is -4.78. The van der Waals surface area contributed by atoms with Gasteiger partial charge in [-0.25, -0.2) is 0 Å². The van der Waals surface area contributed by atoms with Gasteiger partial charge < -0.3 is 14.4 Å². The maximum absolute atomic E-state index is 13.1. The highest BCUT2D eigenvalue weighted by atomic mass is 19.3. The third kappa shape index (κ3) is 6.21. The number of likely N-dealkylation sites (tertiary alicyclic amines) is 1. The van der Waals surface area contributed by atoms with E-state index in [-0.39, 0.29) is 32.0 Å². The zero-order chi connectivity index (χ0) is 28.0. The van der Waals surface area contributed by atoms with E-state index in [9.17, 15) is 23.2 Å². The van der Waals surface area contributed by atoms with Crippen LogP contribution in [0.3, 0.4) is 0 Å². The Labute approximate surface area is 223 Å². The number of carbonyl (C=O) groups excluding carboxylic acids is 3. The number of methoxy groups -OCH3 is 1. The van der Waals surface area contributed by atoms with Crippen molar-refractivity contribution in [2.45, 2.75) is 12.8 Å². The molecule has 0 bridgehead atoms. The molecular weight excluding hydrogens is 508 g/mol. The lowest BCUT2D eigenvalue weighted by Gasteiger charge is -2.28. The molecule has 1 unspecified atom stereocenters. The lowest BCUT2D eigenvalue weighted by atomic mass is 9.87. The number of nitrogens with one attached hydrogen (secondary N) is 1. The molecular formula is C29H25F2N3O5. The molecule has 3 aromatic carbocycles. The minimum Gasteiger partial charge on any atom is -0.497 e. The molecule has 1 N–H and O–H groups in total. The molecule has 3 aromatic rings. The number of nitrogens with zero attached hydrogens (tertiary/aromatic N) is 2. The summed E-state index contributed by atoms with van der Waals surface area (Å²) in [5, 5.41) is 10.7. The summed E-state index contributed by atoms with van der Waals surface area (Å²) < 4.78 is 36.7. The van der Waals surface area contributed by atoms with Gasteiger partial charge in [0, 0.05) is 18.7 Å². The Kier molecular flexibility index (Phi) is 8.20. The number of hydrogen-bond acceptors (Lipinski definition) is 6. The fourth-order valence-corrected chi connectivity index (χ4v) is 4.33. The monoisotopic (exact) mass is 533 g/mol. The Morgan fingerprint density at radius 3 is 2.13 bits per heavy atom. The molecule has 39 heavy (non-hydrogen) atoms. The molecule has 4 rings (SSSR count). The van der Waals surface area contributed by atoms with E-state index in [1.807, 2.05) is 12.1 Å². The first-order chi connectivity index (χ1) is 18.7. The quantitative estimate of drug-likeness (QED) is 0.468. The van der Waals surface area contributed by atoms with Gasteiger partial charge >= 0.3 is 6.43 Å². The average Bonchev–Trinajstić information content (AvgIpc) is 3.42. The summed E-state index contributed by atoms with van der Waals surface area (Å²) >= 11 is 0. The van der Waals surface area contributed by atoms with Crippen LogP contribution in [0, 0.1) is 16.7 Å². The van der Waals surface area contributed by atoms with Crippen molar-refractivity contribution in [1.29, 1.82) is 5.26 Å². The smallest absolute Gasteiger partial charge is 0.315 e. The van der Waals surface area contributed by atoms with E-state index in [1.54, 1.807) is 66.0 Å². The van der Waals surface area contributed by atoms with Crippen molar-refractivity contribution >= 4 is 17.7 Å². The number of amides is 3. The van der Waals surface area contributed by atoms with Crippen molar-refractivity contribution in [3.05, 3.63) is 83.9 Å². The van der Waals surface area contributed by atoms with Crippen LogP contribution in [0.1, 0.15) is 22.3 Å². The largest absolute Gasteiger partial charge is 0.497 e. The second-order valence-electron chi connectivity index (χ2n) is 9.11. The van der Waals surface area contributed by atoms with E-state index in [2.05, 4.69) is 6.07 Å². The first-order valence-electron chi connectivity index (χ1n) is 12.0. The summed E-state index contributed by atoms with van der Waals surface area (Å²) in [5.41, 5.74) is 1.27. The van der Waals surface area contributed by atoms with Gasteiger partial charge in [0.2, 0.25) is 5.91 Å². The van der Waals surface area contributed by atoms with Crippen molar-refractivity contribution in [3.8, 4) is 28.7 Å². The third-order valence-corrected chi connectivity index (χ3v) is 6.61. The predicted octanol–water partition coefficient (Wildman–Crippen LogP) is 4.05. The summed E-state index contributed by atoms with van der Waals surface area (Å²) in [7, 11) is 1.51. The van der Waals surface area contributed by atoms with Crippen molar-refractivity contribution in [2.24, 2.45) is 5.41 Å². The highest BCUT2D eigenvalue weighted by Gasteiger charge is 2.48. The van der Waals surface area contributed by atoms with Gasteiger partial charge in [0.25, 0.3) is 11.8 Å². The number of benzene rings is 3. The highest BCUT2D eigenvalue weighted by Crippen LogP contribution is 2.34. The van der Waals surface area contributed by atoms with Crippen LogP contribution in [0.15, 0.2) is 72.8 Å². The van der Waals surface area contributed by atoms with Gasteiger partial charge in [-0.3, -0.25) is 19.7 Å². The second-order valence-corrected chi connectivity index (χ2v) is 9.11. The van der Waals surface area contributed by atoms with Crippen LogP contribution < -0.4 is 14.8 Å². The number of ether oxygens (including phenoxy) is 2. The normalized spacial score (nSPS) is 16.4. The van der Waals surface area contributed by atoms with Crippen molar-refractivity contribution < 1.29 is 32.6 Å². The Morgan fingerprint density at radius 2 is 1.56 bits per heavy atom. The summed E-state index contributed by atoms with van der Waals surface area (Å²) in [6.07, 6.45) is -3.25. The van der Waals surface area contributed by atoms with Crippen LogP contribution in [-0.2, 0) is 9.59 Å².